The zero-order chi connectivity index (χ0) is 47.0. The van der Waals surface area contributed by atoms with Gasteiger partial charge in [0.1, 0.15) is 0 Å². The van der Waals surface area contributed by atoms with Gasteiger partial charge in [-0.25, -0.2) is 0 Å². The van der Waals surface area contributed by atoms with Crippen molar-refractivity contribution in [1.29, 1.82) is 12.8 Å². The molecule has 0 fully saturated rings. The van der Waals surface area contributed by atoms with E-state index in [2.05, 4.69) is 233 Å². The van der Waals surface area contributed by atoms with Crippen molar-refractivity contribution < 1.29 is 0 Å². The lowest BCUT2D eigenvalue weighted by atomic mass is 10.3. The number of hydrogen-bond acceptors (Lipinski definition) is 8. The van der Waals surface area contributed by atoms with Gasteiger partial charge in [0.15, 0.2) is 0 Å². The third kappa shape index (κ3) is 11.5. The Balaban J connectivity index is 0.000000195. The normalized spacial score (nSPS) is 20.6. The van der Waals surface area contributed by atoms with Crippen LogP contribution in [0.5, 0.6) is 0 Å². The van der Waals surface area contributed by atoms with E-state index in [9.17, 15) is 0 Å². The molecule has 0 aliphatic heterocycles. The number of thiophene rings is 8. The van der Waals surface area contributed by atoms with Crippen LogP contribution in [-0.4, -0.2) is 12.8 Å². The van der Waals surface area contributed by atoms with E-state index in [4.69, 9.17) is 12.8 Å². The minimum atomic E-state index is -1.14. The Labute approximate surface area is 506 Å². The molecule has 0 bridgehead atoms. The van der Waals surface area contributed by atoms with Gasteiger partial charge in [-0.3, -0.25) is 0 Å². The Morgan fingerprint density at radius 2 is 0.667 bits per heavy atom. The van der Waals surface area contributed by atoms with Crippen molar-refractivity contribution in [2.24, 2.45) is 0 Å². The molecule has 10 unspecified atom stereocenters. The van der Waals surface area contributed by atoms with Crippen molar-refractivity contribution in [1.82, 2.24) is 0 Å². The highest BCUT2D eigenvalue weighted by atomic mass is 127. The Hall–Kier alpha value is 10.2. The second-order valence-electron chi connectivity index (χ2n) is 10.1. The van der Waals surface area contributed by atoms with Gasteiger partial charge in [-0.05, 0) is 73.8 Å². The highest BCUT2D eigenvalue weighted by molar-refractivity contribution is 14.2. The molecule has 8 heterocycles. The van der Waals surface area contributed by atoms with Gasteiger partial charge < -0.3 is 0 Å². The third-order valence-electron chi connectivity index (χ3n) is 7.28. The van der Waals surface area contributed by atoms with Gasteiger partial charge in [0.05, 0.1) is 41.0 Å². The average molecular weight is 2170 g/mol. The first-order valence-electron chi connectivity index (χ1n) is 18.2. The van der Waals surface area contributed by atoms with Gasteiger partial charge in [0, 0.05) is 92.1 Å². The zero-order valence-corrected chi connectivity index (χ0v) is 62.1. The minimum absolute atomic E-state index is 0.682. The summed E-state index contributed by atoms with van der Waals surface area (Å²) in [6.07, 6.45) is -8.96. The molecule has 28 heteroatoms. The molecule has 0 aromatic carbocycles. The van der Waals surface area contributed by atoms with Gasteiger partial charge in [0.25, 0.3) is 0 Å². The van der Waals surface area contributed by atoms with Crippen LogP contribution in [0.25, 0.3) is 37.6 Å². The fraction of sp³-hybridized carbons (Fsp3) is 0.0769. The molecule has 54 heavy (non-hydrogen) atoms. The molecule has 0 spiro atoms. The van der Waals surface area contributed by atoms with Crippen LogP contribution in [0.15, 0.2) is 12.1 Å². The maximum absolute atomic E-state index is 8.71. The van der Waals surface area contributed by atoms with Crippen LogP contribution in [-0.2, 0) is 12.8 Å². The predicted molar refractivity (Wildman–Crippen MR) is 384 cm³/mol. The van der Waals surface area contributed by atoms with Gasteiger partial charge in [-0.1, -0.05) is 220 Å². The molecule has 0 radical (unpaired) electrons. The van der Waals surface area contributed by atoms with Crippen molar-refractivity contribution in [3.63, 3.8) is 0 Å². The summed E-state index contributed by atoms with van der Waals surface area (Å²) in [4.78, 5) is 4.94. The molecule has 0 amide bonds. The Morgan fingerprint density at radius 1 is 0.352 bits per heavy atom. The first kappa shape index (κ1) is 39.9. The van der Waals surface area contributed by atoms with Gasteiger partial charge in [-0.15, -0.1) is 90.7 Å². The third-order valence-corrected chi connectivity index (χ3v) is 44.8. The minimum Gasteiger partial charge on any atom is -0.138 e. The topological polar surface area (TPSA) is 0 Å². The first-order valence-corrected chi connectivity index (χ1v) is 57.1. The van der Waals surface area contributed by atoms with Crippen LogP contribution in [0.1, 0.15) is 19.5 Å². The summed E-state index contributed by atoms with van der Waals surface area (Å²) in [5, 5.41) is 6.42. The SMILES string of the molecule is [2H]P(I)c1sc2c(P([2H])I)c(Cc3sc4c(P([2H])I)c(P([2H])I)sc4c3P([2H])I)sc2c1P([2H])I.[2H]P(I)c1sc2cc(Cc3cc4sc(P([2H])I)c(P([2H])I)c4s3)sc2c1P([2H])I. The van der Waals surface area contributed by atoms with Crippen molar-refractivity contribution >= 4 is 461 Å². The molecule has 288 valence electrons. The summed E-state index contributed by atoms with van der Waals surface area (Å²) in [5.41, 5.74) is 0. The first-order chi connectivity index (χ1) is 30.0. The maximum atomic E-state index is 8.71. The van der Waals surface area contributed by atoms with Crippen LogP contribution < -0.4 is 50.3 Å². The molecule has 0 N–H and O–H groups in total. The number of fused-ring (bicyclic) bond motifs is 4. The lowest BCUT2D eigenvalue weighted by molar-refractivity contribution is 1.31. The lowest BCUT2D eigenvalue weighted by Gasteiger charge is -2.03. The van der Waals surface area contributed by atoms with E-state index in [0.717, 1.165) is 85.3 Å². The molecule has 0 saturated carbocycles. The highest BCUT2D eigenvalue weighted by Crippen LogP contribution is 2.46. The molecule has 10 atom stereocenters. The van der Waals surface area contributed by atoms with Crippen LogP contribution in [0.2, 0.25) is 0 Å². The lowest BCUT2D eigenvalue weighted by Crippen LogP contribution is -2.05. The van der Waals surface area contributed by atoms with E-state index >= 15 is 0 Å². The van der Waals surface area contributed by atoms with E-state index in [1.165, 1.54) is 28.6 Å². The number of halogens is 10. The second-order valence-corrected chi connectivity index (χ2v) is 40.6. The van der Waals surface area contributed by atoms with Crippen molar-refractivity contribution in [2.45, 2.75) is 12.8 Å². The van der Waals surface area contributed by atoms with Crippen molar-refractivity contribution in [3.8, 4) is 0 Å². The average Bonchev–Trinajstić information content (AvgIpc) is 4.02. The fourth-order valence-electron chi connectivity index (χ4n) is 5.15. The van der Waals surface area contributed by atoms with Gasteiger partial charge >= 0.3 is 0 Å². The molecule has 0 aliphatic rings. The Kier molecular flexibility index (Phi) is 18.8. The quantitative estimate of drug-likeness (QED) is 0.0752. The van der Waals surface area contributed by atoms with E-state index in [0.29, 0.717) is 6.42 Å². The maximum Gasteiger partial charge on any atom is 0.0748 e. The molecule has 8 aromatic rings. The Bertz CT molecular complexity index is 2770. The number of hydrogen-bond donors (Lipinski definition) is 0. The van der Waals surface area contributed by atoms with E-state index in [-0.39, 0.29) is 0 Å². The fourth-order valence-corrected chi connectivity index (χ4v) is 49.6. The molecule has 8 rings (SSSR count). The molecule has 0 saturated heterocycles. The van der Waals surface area contributed by atoms with Crippen LogP contribution in [0, 0.1) is 0 Å². The zero-order valence-electron chi connectivity index (χ0n) is 35.1. The summed E-state index contributed by atoms with van der Waals surface area (Å²) < 4.78 is 97.7. The van der Waals surface area contributed by atoms with E-state index < -0.39 is 61.7 Å². The largest absolute Gasteiger partial charge is 0.138 e. The molecule has 8 aromatic heterocycles. The predicted octanol–water partition coefficient (Wildman–Crippen LogP) is 18.2. The van der Waals surface area contributed by atoms with Crippen LogP contribution >= 0.6 is 373 Å². The van der Waals surface area contributed by atoms with Gasteiger partial charge in [-0.2, -0.15) is 0 Å². The molecule has 0 aliphatic carbocycles. The van der Waals surface area contributed by atoms with Crippen molar-refractivity contribution in [3.05, 3.63) is 31.6 Å². The monoisotopic (exact) mass is 2170 g/mol. The van der Waals surface area contributed by atoms with Crippen molar-refractivity contribution in [2.75, 3.05) is 0 Å². The summed E-state index contributed by atoms with van der Waals surface area (Å²) in [5.74, 6) is 0. The van der Waals surface area contributed by atoms with Gasteiger partial charge in [0.2, 0.25) is 0 Å². The summed E-state index contributed by atoms with van der Waals surface area (Å²) in [6.45, 7) is 0. The van der Waals surface area contributed by atoms with Crippen LogP contribution in [0.3, 0.4) is 0 Å². The second kappa shape index (κ2) is 25.4. The smallest absolute Gasteiger partial charge is 0.0748 e. The highest BCUT2D eigenvalue weighted by Gasteiger charge is 2.24. The number of rotatable bonds is 14. The Morgan fingerprint density at radius 3 is 1.00 bits per heavy atom. The standard InChI is InChI=1S/C13H8I6P6S4.C13H8I4P4S4/c14-20-4-2(26-10-6(22-16)12(24-18)28-8(4)10)1-3-5(21-15)9-11(27-3)7(23-17)13(25-19)29-9;14-18-8-10-6(24-12(8)20-16)2-4(22-10)1-5-3-7-11(23-5)9(19-15)13(21-17)25-7/h20-25H,1H2;2-3,18-21H,1H2/i20D,21D,22D,23D,24D,25D;18D,19D,20D,21D. The molecular weight excluding hydrogens is 2150 g/mol. The summed E-state index contributed by atoms with van der Waals surface area (Å²) >= 11 is 35.6. The van der Waals surface area contributed by atoms with E-state index in [1.54, 1.807) is 90.7 Å². The summed E-state index contributed by atoms with van der Waals surface area (Å²) in [6, 6.07) is 4.51. The van der Waals surface area contributed by atoms with Crippen LogP contribution in [0.4, 0.5) is 0 Å². The summed E-state index contributed by atoms with van der Waals surface area (Å²) in [7, 11) is 0. The molecule has 0 nitrogen and oxygen atoms in total. The molecular formula is C26H16I10P10S8. The van der Waals surface area contributed by atoms with E-state index in [1.807, 2.05) is 0 Å².